The first-order valence-corrected chi connectivity index (χ1v) is 9.02. The Balaban J connectivity index is 1.46. The maximum absolute atomic E-state index is 12.2. The van der Waals surface area contributed by atoms with Crippen molar-refractivity contribution in [1.82, 2.24) is 0 Å². The van der Waals surface area contributed by atoms with Crippen molar-refractivity contribution in [3.8, 4) is 5.75 Å². The molecule has 1 amide bonds. The first-order valence-electron chi connectivity index (χ1n) is 9.02. The predicted molar refractivity (Wildman–Crippen MR) is 110 cm³/mol. The van der Waals surface area contributed by atoms with Crippen molar-refractivity contribution in [1.29, 1.82) is 0 Å². The zero-order chi connectivity index (χ0) is 19.6. The highest BCUT2D eigenvalue weighted by Gasteiger charge is 2.14. The molecule has 0 fully saturated rings. The van der Waals surface area contributed by atoms with E-state index in [1.54, 1.807) is 25.3 Å². The van der Waals surface area contributed by atoms with Crippen molar-refractivity contribution in [2.75, 3.05) is 5.32 Å². The second-order valence-corrected chi connectivity index (χ2v) is 6.18. The molecule has 3 rings (SSSR count). The Bertz CT molecular complexity index is 894. The van der Waals surface area contributed by atoms with Crippen LogP contribution in [0.25, 0.3) is 0 Å². The molecule has 0 spiro atoms. The standard InChI is InChI=1S/C23H22N2O3/c1-18(28-24-16-19-8-4-2-5-9-19)23(26)25-21-12-14-22(15-13-21)27-17-20-10-6-3-7-11-20/h2-16,18H,17H2,1H3,(H,25,26)/b24-16+. The topological polar surface area (TPSA) is 59.9 Å². The van der Waals surface area contributed by atoms with Crippen molar-refractivity contribution in [2.45, 2.75) is 19.6 Å². The highest BCUT2D eigenvalue weighted by atomic mass is 16.6. The summed E-state index contributed by atoms with van der Waals surface area (Å²) < 4.78 is 5.74. The second kappa shape index (κ2) is 9.92. The first-order chi connectivity index (χ1) is 13.7. The van der Waals surface area contributed by atoms with E-state index in [4.69, 9.17) is 9.57 Å². The van der Waals surface area contributed by atoms with E-state index in [1.807, 2.05) is 72.8 Å². The van der Waals surface area contributed by atoms with Crippen molar-refractivity contribution in [3.05, 3.63) is 96.1 Å². The fourth-order valence-electron chi connectivity index (χ4n) is 2.39. The minimum absolute atomic E-state index is 0.275. The van der Waals surface area contributed by atoms with Gasteiger partial charge in [0.15, 0.2) is 0 Å². The van der Waals surface area contributed by atoms with E-state index in [0.717, 1.165) is 16.9 Å². The molecule has 0 radical (unpaired) electrons. The molecule has 3 aromatic rings. The molecule has 0 aliphatic carbocycles. The number of amides is 1. The number of ether oxygens (including phenoxy) is 1. The number of oxime groups is 1. The molecule has 0 aromatic heterocycles. The van der Waals surface area contributed by atoms with Gasteiger partial charge in [0.1, 0.15) is 12.4 Å². The van der Waals surface area contributed by atoms with Gasteiger partial charge in [-0.25, -0.2) is 0 Å². The SMILES string of the molecule is CC(O/N=C/c1ccccc1)C(=O)Nc1ccc(OCc2ccccc2)cc1. The van der Waals surface area contributed by atoms with Crippen molar-refractivity contribution < 1.29 is 14.4 Å². The quantitative estimate of drug-likeness (QED) is 0.461. The van der Waals surface area contributed by atoms with Gasteiger partial charge in [0.05, 0.1) is 6.21 Å². The average Bonchev–Trinajstić information content (AvgIpc) is 2.74. The summed E-state index contributed by atoms with van der Waals surface area (Å²) in [5.74, 6) is 0.460. The highest BCUT2D eigenvalue weighted by Crippen LogP contribution is 2.17. The Morgan fingerprint density at radius 2 is 1.61 bits per heavy atom. The van der Waals surface area contributed by atoms with Crippen LogP contribution < -0.4 is 10.1 Å². The lowest BCUT2D eigenvalue weighted by Crippen LogP contribution is -2.26. The van der Waals surface area contributed by atoms with E-state index in [1.165, 1.54) is 0 Å². The lowest BCUT2D eigenvalue weighted by atomic mass is 10.2. The van der Waals surface area contributed by atoms with Crippen LogP contribution in [-0.4, -0.2) is 18.2 Å². The van der Waals surface area contributed by atoms with E-state index in [9.17, 15) is 4.79 Å². The lowest BCUT2D eigenvalue weighted by Gasteiger charge is -2.11. The zero-order valence-corrected chi connectivity index (χ0v) is 15.6. The number of carbonyl (C=O) groups excluding carboxylic acids is 1. The molecule has 5 nitrogen and oxygen atoms in total. The molecule has 0 aliphatic heterocycles. The molecular weight excluding hydrogens is 352 g/mol. The minimum atomic E-state index is -0.714. The highest BCUT2D eigenvalue weighted by molar-refractivity contribution is 5.94. The number of nitrogens with one attached hydrogen (secondary N) is 1. The summed E-state index contributed by atoms with van der Waals surface area (Å²) in [6.45, 7) is 2.14. The number of nitrogens with zero attached hydrogens (tertiary/aromatic N) is 1. The molecule has 0 saturated heterocycles. The van der Waals surface area contributed by atoms with Gasteiger partial charge in [-0.05, 0) is 42.3 Å². The number of hydrogen-bond acceptors (Lipinski definition) is 4. The maximum Gasteiger partial charge on any atom is 0.267 e. The van der Waals surface area contributed by atoms with Crippen LogP contribution in [0.3, 0.4) is 0 Å². The molecule has 1 unspecified atom stereocenters. The minimum Gasteiger partial charge on any atom is -0.489 e. The molecule has 28 heavy (non-hydrogen) atoms. The van der Waals surface area contributed by atoms with Crippen LogP contribution in [-0.2, 0) is 16.2 Å². The number of benzene rings is 3. The fraction of sp³-hybridized carbons (Fsp3) is 0.130. The Hall–Kier alpha value is -3.60. The van der Waals surface area contributed by atoms with Gasteiger partial charge in [0, 0.05) is 5.69 Å². The third-order valence-electron chi connectivity index (χ3n) is 3.96. The zero-order valence-electron chi connectivity index (χ0n) is 15.6. The summed E-state index contributed by atoms with van der Waals surface area (Å²) in [5.41, 5.74) is 2.67. The summed E-state index contributed by atoms with van der Waals surface area (Å²) in [7, 11) is 0. The Morgan fingerprint density at radius 1 is 0.964 bits per heavy atom. The van der Waals surface area contributed by atoms with Crippen LogP contribution >= 0.6 is 0 Å². The third kappa shape index (κ3) is 5.99. The Kier molecular flexibility index (Phi) is 6.79. The monoisotopic (exact) mass is 374 g/mol. The lowest BCUT2D eigenvalue weighted by molar-refractivity contribution is -0.126. The fourth-order valence-corrected chi connectivity index (χ4v) is 2.39. The first kappa shape index (κ1) is 19.2. The average molecular weight is 374 g/mol. The molecule has 0 heterocycles. The molecule has 3 aromatic carbocycles. The third-order valence-corrected chi connectivity index (χ3v) is 3.96. The summed E-state index contributed by atoms with van der Waals surface area (Å²) in [5, 5.41) is 6.66. The predicted octanol–water partition coefficient (Wildman–Crippen LogP) is 4.64. The van der Waals surface area contributed by atoms with E-state index < -0.39 is 6.10 Å². The maximum atomic E-state index is 12.2. The molecular formula is C23H22N2O3. The van der Waals surface area contributed by atoms with Gasteiger partial charge in [-0.2, -0.15) is 0 Å². The molecule has 0 bridgehead atoms. The number of carbonyl (C=O) groups is 1. The molecule has 0 saturated carbocycles. The summed E-state index contributed by atoms with van der Waals surface area (Å²) in [4.78, 5) is 17.4. The van der Waals surface area contributed by atoms with E-state index in [0.29, 0.717) is 12.3 Å². The number of anilines is 1. The van der Waals surface area contributed by atoms with Gasteiger partial charge in [-0.15, -0.1) is 0 Å². The summed E-state index contributed by atoms with van der Waals surface area (Å²) in [6, 6.07) is 26.7. The Labute approximate surface area is 164 Å². The summed E-state index contributed by atoms with van der Waals surface area (Å²) >= 11 is 0. The van der Waals surface area contributed by atoms with Gasteiger partial charge in [0.25, 0.3) is 5.91 Å². The normalized spacial score (nSPS) is 11.8. The Morgan fingerprint density at radius 3 is 2.29 bits per heavy atom. The van der Waals surface area contributed by atoms with Gasteiger partial charge in [-0.1, -0.05) is 65.8 Å². The second-order valence-electron chi connectivity index (χ2n) is 6.18. The van der Waals surface area contributed by atoms with Crippen LogP contribution in [0.5, 0.6) is 5.75 Å². The van der Waals surface area contributed by atoms with Gasteiger partial charge < -0.3 is 14.9 Å². The molecule has 0 aliphatic rings. The van der Waals surface area contributed by atoms with E-state index >= 15 is 0 Å². The van der Waals surface area contributed by atoms with Crippen LogP contribution in [0.15, 0.2) is 90.1 Å². The van der Waals surface area contributed by atoms with Gasteiger partial charge >= 0.3 is 0 Å². The molecule has 142 valence electrons. The molecule has 1 atom stereocenters. The van der Waals surface area contributed by atoms with Crippen molar-refractivity contribution in [2.24, 2.45) is 5.16 Å². The van der Waals surface area contributed by atoms with Crippen LogP contribution in [0.4, 0.5) is 5.69 Å². The van der Waals surface area contributed by atoms with Crippen molar-refractivity contribution >= 4 is 17.8 Å². The largest absolute Gasteiger partial charge is 0.489 e. The van der Waals surface area contributed by atoms with Crippen LogP contribution in [0.1, 0.15) is 18.1 Å². The van der Waals surface area contributed by atoms with Crippen LogP contribution in [0.2, 0.25) is 0 Å². The molecule has 5 heteroatoms. The number of rotatable bonds is 8. The van der Waals surface area contributed by atoms with Crippen LogP contribution in [0, 0.1) is 0 Å². The van der Waals surface area contributed by atoms with E-state index in [-0.39, 0.29) is 5.91 Å². The van der Waals surface area contributed by atoms with Gasteiger partial charge in [0.2, 0.25) is 6.10 Å². The summed E-state index contributed by atoms with van der Waals surface area (Å²) in [6.07, 6.45) is 0.858. The molecule has 1 N–H and O–H groups in total. The van der Waals surface area contributed by atoms with Crippen molar-refractivity contribution in [3.63, 3.8) is 0 Å². The smallest absolute Gasteiger partial charge is 0.267 e. The van der Waals surface area contributed by atoms with Gasteiger partial charge in [-0.3, -0.25) is 4.79 Å². The number of hydrogen-bond donors (Lipinski definition) is 1. The van der Waals surface area contributed by atoms with E-state index in [2.05, 4.69) is 10.5 Å².